The van der Waals surface area contributed by atoms with E-state index in [-0.39, 0.29) is 11.7 Å². The summed E-state index contributed by atoms with van der Waals surface area (Å²) < 4.78 is 5.90. The average Bonchev–Trinajstić information content (AvgIpc) is 2.85. The summed E-state index contributed by atoms with van der Waals surface area (Å²) in [5, 5.41) is 9.80. The van der Waals surface area contributed by atoms with Gasteiger partial charge in [-0.2, -0.15) is 0 Å². The van der Waals surface area contributed by atoms with Gasteiger partial charge >= 0.3 is 0 Å². The first-order chi connectivity index (χ1) is 12.0. The van der Waals surface area contributed by atoms with Gasteiger partial charge in [0.25, 0.3) is 5.91 Å². The van der Waals surface area contributed by atoms with E-state index < -0.39 is 0 Å². The van der Waals surface area contributed by atoms with Crippen LogP contribution in [0.4, 0.5) is 5.69 Å². The quantitative estimate of drug-likeness (QED) is 0.633. The molecule has 0 saturated carbocycles. The van der Waals surface area contributed by atoms with Crippen LogP contribution in [-0.4, -0.2) is 21.9 Å². The van der Waals surface area contributed by atoms with Gasteiger partial charge in [-0.1, -0.05) is 48.2 Å². The zero-order valence-corrected chi connectivity index (χ0v) is 15.5. The van der Waals surface area contributed by atoms with Crippen molar-refractivity contribution in [1.82, 2.24) is 0 Å². The highest BCUT2D eigenvalue weighted by Crippen LogP contribution is 2.38. The number of carbonyl (C=O) groups excluding carboxylic acids is 1. The van der Waals surface area contributed by atoms with E-state index in [1.807, 2.05) is 38.1 Å². The monoisotopic (exact) mass is 371 g/mol. The van der Waals surface area contributed by atoms with Gasteiger partial charge in [0.2, 0.25) is 0 Å². The third-order valence-electron chi connectivity index (χ3n) is 3.73. The highest BCUT2D eigenvalue weighted by molar-refractivity contribution is 8.27. The van der Waals surface area contributed by atoms with Crippen LogP contribution in [0.15, 0.2) is 47.4 Å². The Morgan fingerprint density at radius 3 is 2.76 bits per heavy atom. The lowest BCUT2D eigenvalue weighted by Gasteiger charge is -2.16. The summed E-state index contributed by atoms with van der Waals surface area (Å²) in [5.41, 5.74) is 2.56. The predicted octanol–water partition coefficient (Wildman–Crippen LogP) is 4.51. The van der Waals surface area contributed by atoms with E-state index in [4.69, 9.17) is 17.0 Å². The largest absolute Gasteiger partial charge is 0.504 e. The number of benzene rings is 2. The van der Waals surface area contributed by atoms with Gasteiger partial charge in [-0.15, -0.1) is 0 Å². The number of aryl methyl sites for hydroxylation is 1. The van der Waals surface area contributed by atoms with E-state index in [0.29, 0.717) is 21.6 Å². The number of thiocarbonyl (C=S) groups is 1. The second-order valence-corrected chi connectivity index (χ2v) is 7.14. The molecule has 4 nitrogen and oxygen atoms in total. The van der Waals surface area contributed by atoms with Gasteiger partial charge in [0.1, 0.15) is 0 Å². The summed E-state index contributed by atoms with van der Waals surface area (Å²) in [4.78, 5) is 14.9. The molecule has 0 aliphatic carbocycles. The van der Waals surface area contributed by atoms with E-state index in [0.717, 1.165) is 16.8 Å². The summed E-state index contributed by atoms with van der Waals surface area (Å²) >= 11 is 6.67. The van der Waals surface area contributed by atoms with Crippen LogP contribution in [0.1, 0.15) is 18.1 Å². The molecule has 0 radical (unpaired) electrons. The maximum Gasteiger partial charge on any atom is 0.270 e. The van der Waals surface area contributed by atoms with Crippen molar-refractivity contribution in [3.8, 4) is 11.5 Å². The fourth-order valence-electron chi connectivity index (χ4n) is 2.53. The molecule has 1 heterocycles. The smallest absolute Gasteiger partial charge is 0.270 e. The molecule has 1 aliphatic heterocycles. The normalized spacial score (nSPS) is 15.9. The second-order valence-electron chi connectivity index (χ2n) is 5.46. The van der Waals surface area contributed by atoms with Crippen LogP contribution < -0.4 is 9.64 Å². The number of rotatable bonds is 4. The van der Waals surface area contributed by atoms with Crippen LogP contribution in [0.5, 0.6) is 11.5 Å². The third kappa shape index (κ3) is 3.55. The predicted molar refractivity (Wildman–Crippen MR) is 106 cm³/mol. The first kappa shape index (κ1) is 17.5. The lowest BCUT2D eigenvalue weighted by atomic mass is 10.1. The van der Waals surface area contributed by atoms with Gasteiger partial charge < -0.3 is 9.84 Å². The topological polar surface area (TPSA) is 49.8 Å². The van der Waals surface area contributed by atoms with Crippen molar-refractivity contribution in [2.45, 2.75) is 13.8 Å². The number of hydrogen-bond donors (Lipinski definition) is 1. The number of aromatic hydroxyl groups is 1. The summed E-state index contributed by atoms with van der Waals surface area (Å²) in [6, 6.07) is 12.6. The van der Waals surface area contributed by atoms with Crippen LogP contribution in [0.3, 0.4) is 0 Å². The van der Waals surface area contributed by atoms with Crippen molar-refractivity contribution in [1.29, 1.82) is 0 Å². The molecule has 2 aromatic carbocycles. The van der Waals surface area contributed by atoms with Crippen molar-refractivity contribution in [2.24, 2.45) is 0 Å². The van der Waals surface area contributed by atoms with Gasteiger partial charge in [0, 0.05) is 0 Å². The Hall–Kier alpha value is -2.31. The van der Waals surface area contributed by atoms with Crippen LogP contribution in [0, 0.1) is 6.92 Å². The van der Waals surface area contributed by atoms with Gasteiger partial charge in [0.15, 0.2) is 15.8 Å². The highest BCUT2D eigenvalue weighted by Gasteiger charge is 2.33. The van der Waals surface area contributed by atoms with Crippen molar-refractivity contribution in [3.63, 3.8) is 0 Å². The number of carbonyl (C=O) groups is 1. The molecule has 1 amide bonds. The minimum absolute atomic E-state index is 0.0754. The number of ether oxygens (including phenoxy) is 1. The summed E-state index contributed by atoms with van der Waals surface area (Å²) in [6.07, 6.45) is 1.76. The zero-order valence-electron chi connectivity index (χ0n) is 13.9. The van der Waals surface area contributed by atoms with E-state index in [2.05, 4.69) is 0 Å². The fraction of sp³-hybridized carbons (Fsp3) is 0.158. The van der Waals surface area contributed by atoms with E-state index in [1.54, 1.807) is 29.2 Å². The molecular formula is C19H17NO3S2. The van der Waals surface area contributed by atoms with Crippen molar-refractivity contribution >= 4 is 46.0 Å². The molecule has 2 aromatic rings. The Morgan fingerprint density at radius 1 is 1.28 bits per heavy atom. The molecule has 0 spiro atoms. The summed E-state index contributed by atoms with van der Waals surface area (Å²) in [7, 11) is 0. The average molecular weight is 371 g/mol. The molecule has 0 bridgehead atoms. The van der Waals surface area contributed by atoms with Crippen LogP contribution in [0.2, 0.25) is 0 Å². The molecular weight excluding hydrogens is 354 g/mol. The van der Waals surface area contributed by atoms with Gasteiger partial charge in [-0.25, -0.2) is 0 Å². The lowest BCUT2D eigenvalue weighted by molar-refractivity contribution is -0.113. The van der Waals surface area contributed by atoms with E-state index >= 15 is 0 Å². The van der Waals surface area contributed by atoms with Crippen molar-refractivity contribution in [2.75, 3.05) is 11.5 Å². The summed E-state index contributed by atoms with van der Waals surface area (Å²) in [5.74, 6) is 0.326. The number of anilines is 1. The Morgan fingerprint density at radius 2 is 2.04 bits per heavy atom. The zero-order chi connectivity index (χ0) is 18.0. The Balaban J connectivity index is 1.93. The molecule has 128 valence electrons. The molecule has 3 rings (SSSR count). The van der Waals surface area contributed by atoms with Crippen molar-refractivity contribution < 1.29 is 14.6 Å². The number of hydrogen-bond acceptors (Lipinski definition) is 5. The molecule has 0 atom stereocenters. The minimum atomic E-state index is -0.143. The second kappa shape index (κ2) is 7.29. The Bertz CT molecular complexity index is 877. The Labute approximate surface area is 156 Å². The number of thioether (sulfide) groups is 1. The number of amides is 1. The van der Waals surface area contributed by atoms with Crippen LogP contribution in [-0.2, 0) is 4.79 Å². The molecule has 1 saturated heterocycles. The number of para-hydroxylation sites is 1. The van der Waals surface area contributed by atoms with Gasteiger partial charge in [-0.3, -0.25) is 9.69 Å². The molecule has 1 aliphatic rings. The fourth-order valence-corrected chi connectivity index (χ4v) is 3.82. The van der Waals surface area contributed by atoms with Crippen LogP contribution in [0.25, 0.3) is 6.08 Å². The number of nitrogens with zero attached hydrogens (tertiary/aromatic N) is 1. The number of phenolic OH excluding ortho intramolecular Hbond substituents is 1. The summed E-state index contributed by atoms with van der Waals surface area (Å²) in [6.45, 7) is 4.25. The highest BCUT2D eigenvalue weighted by atomic mass is 32.2. The Kier molecular flexibility index (Phi) is 5.11. The lowest BCUT2D eigenvalue weighted by Crippen LogP contribution is -2.28. The molecule has 1 N–H and O–H groups in total. The maximum absolute atomic E-state index is 12.8. The van der Waals surface area contributed by atoms with Crippen LogP contribution >= 0.6 is 24.0 Å². The van der Waals surface area contributed by atoms with E-state index in [9.17, 15) is 9.90 Å². The van der Waals surface area contributed by atoms with E-state index in [1.165, 1.54) is 11.8 Å². The number of phenols is 1. The first-order valence-electron chi connectivity index (χ1n) is 7.80. The standard InChI is InChI=1S/C19H17NO3S2/c1-3-23-16-10-13(8-9-15(16)21)11-17-18(22)20(19(24)25-17)14-7-5-4-6-12(14)2/h4-11,21H,3H2,1-2H3/b17-11-. The van der Waals surface area contributed by atoms with Gasteiger partial charge in [0.05, 0.1) is 17.2 Å². The first-order valence-corrected chi connectivity index (χ1v) is 9.03. The molecule has 6 heteroatoms. The molecule has 1 fully saturated rings. The molecule has 25 heavy (non-hydrogen) atoms. The third-order valence-corrected chi connectivity index (χ3v) is 5.03. The maximum atomic E-state index is 12.8. The minimum Gasteiger partial charge on any atom is -0.504 e. The molecule has 0 aromatic heterocycles. The molecule has 0 unspecified atom stereocenters. The van der Waals surface area contributed by atoms with Gasteiger partial charge in [-0.05, 0) is 49.2 Å². The SMILES string of the molecule is CCOc1cc(/C=C2\SC(=S)N(c3ccccc3C)C2=O)ccc1O. The van der Waals surface area contributed by atoms with Crippen molar-refractivity contribution in [3.05, 3.63) is 58.5 Å².